The lowest BCUT2D eigenvalue weighted by Gasteiger charge is -2.23. The highest BCUT2D eigenvalue weighted by Gasteiger charge is 2.43. The number of rotatable bonds is 4. The summed E-state index contributed by atoms with van der Waals surface area (Å²) >= 11 is 0. The number of furan rings is 1. The quantitative estimate of drug-likeness (QED) is 0.794. The molecule has 6 heteroatoms. The van der Waals surface area contributed by atoms with E-state index in [0.29, 0.717) is 23.7 Å². The minimum atomic E-state index is -0.318. The van der Waals surface area contributed by atoms with Crippen LogP contribution in [0.25, 0.3) is 11.3 Å². The Bertz CT molecular complexity index is 868. The third-order valence-corrected chi connectivity index (χ3v) is 4.26. The van der Waals surface area contributed by atoms with Gasteiger partial charge in [0.05, 0.1) is 12.0 Å². The maximum Gasteiger partial charge on any atom is 0.273 e. The zero-order valence-electron chi connectivity index (χ0n) is 13.1. The summed E-state index contributed by atoms with van der Waals surface area (Å²) in [5.74, 6) is 0.298. The van der Waals surface area contributed by atoms with Crippen molar-refractivity contribution >= 4 is 5.91 Å². The lowest BCUT2D eigenvalue weighted by Crippen LogP contribution is -2.30. The SMILES string of the molecule is CCCN1C(=O)c2[nH]nc(-c3ccc(F)cc3)c2C1c1ccco1. The number of carbonyl (C=O) groups excluding carboxylic acids is 1. The predicted molar refractivity (Wildman–Crippen MR) is 85.9 cm³/mol. The van der Waals surface area contributed by atoms with Crippen molar-refractivity contribution in [2.24, 2.45) is 0 Å². The molecule has 1 atom stereocenters. The summed E-state index contributed by atoms with van der Waals surface area (Å²) in [4.78, 5) is 14.5. The minimum Gasteiger partial charge on any atom is -0.467 e. The summed E-state index contributed by atoms with van der Waals surface area (Å²) < 4.78 is 18.8. The standard InChI is InChI=1S/C18H16FN3O2/c1-2-9-22-17(13-4-3-10-24-13)14-15(20-21-16(14)18(22)23)11-5-7-12(19)8-6-11/h3-8,10,17H,2,9H2,1H3,(H,20,21). The van der Waals surface area contributed by atoms with Crippen LogP contribution in [0.5, 0.6) is 0 Å². The van der Waals surface area contributed by atoms with Crippen LogP contribution in [0, 0.1) is 5.82 Å². The average molecular weight is 325 g/mol. The van der Waals surface area contributed by atoms with Gasteiger partial charge in [0.15, 0.2) is 0 Å². The van der Waals surface area contributed by atoms with Crippen molar-refractivity contribution in [1.29, 1.82) is 0 Å². The molecule has 4 rings (SSSR count). The van der Waals surface area contributed by atoms with Crippen LogP contribution in [0.1, 0.15) is 41.2 Å². The van der Waals surface area contributed by atoms with Gasteiger partial charge in [-0.1, -0.05) is 6.92 Å². The van der Waals surface area contributed by atoms with Crippen LogP contribution in [-0.2, 0) is 0 Å². The van der Waals surface area contributed by atoms with E-state index in [-0.39, 0.29) is 17.8 Å². The van der Waals surface area contributed by atoms with Gasteiger partial charge in [0.2, 0.25) is 0 Å². The van der Waals surface area contributed by atoms with Crippen molar-refractivity contribution in [2.45, 2.75) is 19.4 Å². The number of hydrogen-bond donors (Lipinski definition) is 1. The molecule has 1 aliphatic rings. The summed E-state index contributed by atoms with van der Waals surface area (Å²) in [5, 5.41) is 7.16. The van der Waals surface area contributed by atoms with Crippen molar-refractivity contribution in [3.63, 3.8) is 0 Å². The second-order valence-electron chi connectivity index (χ2n) is 5.78. The van der Waals surface area contributed by atoms with Gasteiger partial charge < -0.3 is 9.32 Å². The molecular formula is C18H16FN3O2. The average Bonchev–Trinajstić information content (AvgIpc) is 3.29. The molecule has 2 aromatic heterocycles. The van der Waals surface area contributed by atoms with Gasteiger partial charge in [-0.25, -0.2) is 4.39 Å². The molecule has 0 radical (unpaired) electrons. The van der Waals surface area contributed by atoms with E-state index in [1.807, 2.05) is 13.0 Å². The number of nitrogens with one attached hydrogen (secondary N) is 1. The molecule has 1 amide bonds. The molecule has 5 nitrogen and oxygen atoms in total. The molecule has 0 aliphatic carbocycles. The number of aromatic nitrogens is 2. The van der Waals surface area contributed by atoms with Crippen LogP contribution in [0.3, 0.4) is 0 Å². The van der Waals surface area contributed by atoms with E-state index in [1.165, 1.54) is 12.1 Å². The van der Waals surface area contributed by atoms with Gasteiger partial charge in [0.1, 0.15) is 23.3 Å². The van der Waals surface area contributed by atoms with Crippen LogP contribution in [0.4, 0.5) is 4.39 Å². The van der Waals surface area contributed by atoms with E-state index in [0.717, 1.165) is 17.5 Å². The van der Waals surface area contributed by atoms with Crippen molar-refractivity contribution in [2.75, 3.05) is 6.54 Å². The van der Waals surface area contributed by atoms with Crippen molar-refractivity contribution in [1.82, 2.24) is 15.1 Å². The summed E-state index contributed by atoms with van der Waals surface area (Å²) in [5.41, 5.74) is 2.68. The second kappa shape index (κ2) is 5.63. The first kappa shape index (κ1) is 14.7. The summed E-state index contributed by atoms with van der Waals surface area (Å²) in [6.45, 7) is 2.65. The normalized spacial score (nSPS) is 16.7. The number of amides is 1. The Morgan fingerprint density at radius 2 is 2.08 bits per heavy atom. The van der Waals surface area contributed by atoms with Crippen molar-refractivity contribution in [3.05, 3.63) is 65.5 Å². The molecule has 3 heterocycles. The molecular weight excluding hydrogens is 309 g/mol. The number of hydrogen-bond acceptors (Lipinski definition) is 3. The molecule has 0 spiro atoms. The molecule has 1 unspecified atom stereocenters. The Balaban J connectivity index is 1.87. The summed E-state index contributed by atoms with van der Waals surface area (Å²) in [6, 6.07) is 9.45. The highest BCUT2D eigenvalue weighted by Crippen LogP contribution is 2.42. The Labute approximate surface area is 138 Å². The van der Waals surface area contributed by atoms with Gasteiger partial charge in [-0.05, 0) is 42.8 Å². The maximum absolute atomic E-state index is 13.2. The third kappa shape index (κ3) is 2.14. The number of nitrogens with zero attached hydrogens (tertiary/aromatic N) is 2. The zero-order valence-corrected chi connectivity index (χ0v) is 13.1. The highest BCUT2D eigenvalue weighted by molar-refractivity contribution is 6.00. The number of fused-ring (bicyclic) bond motifs is 1. The molecule has 0 saturated heterocycles. The van der Waals surface area contributed by atoms with Gasteiger partial charge in [0.25, 0.3) is 5.91 Å². The maximum atomic E-state index is 13.2. The molecule has 0 saturated carbocycles. The Hall–Kier alpha value is -2.89. The smallest absolute Gasteiger partial charge is 0.273 e. The van der Waals surface area contributed by atoms with E-state index in [1.54, 1.807) is 29.4 Å². The minimum absolute atomic E-state index is 0.0888. The molecule has 24 heavy (non-hydrogen) atoms. The fraction of sp³-hybridized carbons (Fsp3) is 0.222. The van der Waals surface area contributed by atoms with Crippen LogP contribution in [-0.4, -0.2) is 27.5 Å². The van der Waals surface area contributed by atoms with Gasteiger partial charge in [-0.2, -0.15) is 5.10 Å². The molecule has 122 valence electrons. The van der Waals surface area contributed by atoms with E-state index < -0.39 is 0 Å². The van der Waals surface area contributed by atoms with Crippen LogP contribution < -0.4 is 0 Å². The second-order valence-corrected chi connectivity index (χ2v) is 5.78. The van der Waals surface area contributed by atoms with Crippen molar-refractivity contribution in [3.8, 4) is 11.3 Å². The summed E-state index contributed by atoms with van der Waals surface area (Å²) in [6.07, 6.45) is 2.44. The van der Waals surface area contributed by atoms with Crippen LogP contribution in [0.15, 0.2) is 47.1 Å². The van der Waals surface area contributed by atoms with E-state index in [9.17, 15) is 9.18 Å². The molecule has 0 bridgehead atoms. The first-order chi connectivity index (χ1) is 11.7. The summed E-state index contributed by atoms with van der Waals surface area (Å²) in [7, 11) is 0. The van der Waals surface area contributed by atoms with Crippen LogP contribution >= 0.6 is 0 Å². The number of halogens is 1. The monoisotopic (exact) mass is 325 g/mol. The molecule has 1 N–H and O–H groups in total. The Morgan fingerprint density at radius 3 is 2.75 bits per heavy atom. The third-order valence-electron chi connectivity index (χ3n) is 4.26. The van der Waals surface area contributed by atoms with Crippen molar-refractivity contribution < 1.29 is 13.6 Å². The van der Waals surface area contributed by atoms with E-state index in [2.05, 4.69) is 10.2 Å². The number of carbonyl (C=O) groups is 1. The van der Waals surface area contributed by atoms with Gasteiger partial charge in [0, 0.05) is 17.7 Å². The van der Waals surface area contributed by atoms with E-state index in [4.69, 9.17) is 4.42 Å². The largest absolute Gasteiger partial charge is 0.467 e. The topological polar surface area (TPSA) is 62.1 Å². The predicted octanol–water partition coefficient (Wildman–Crippen LogP) is 3.76. The van der Waals surface area contributed by atoms with Gasteiger partial charge >= 0.3 is 0 Å². The lowest BCUT2D eigenvalue weighted by atomic mass is 10.00. The lowest BCUT2D eigenvalue weighted by molar-refractivity contribution is 0.0730. The first-order valence-electron chi connectivity index (χ1n) is 7.89. The number of benzene rings is 1. The molecule has 1 aromatic carbocycles. The highest BCUT2D eigenvalue weighted by atomic mass is 19.1. The van der Waals surface area contributed by atoms with Crippen LogP contribution in [0.2, 0.25) is 0 Å². The molecule has 3 aromatic rings. The molecule has 1 aliphatic heterocycles. The number of H-pyrrole nitrogens is 1. The number of aromatic amines is 1. The van der Waals surface area contributed by atoms with Gasteiger partial charge in [-0.15, -0.1) is 0 Å². The Kier molecular flexibility index (Phi) is 3.45. The first-order valence-corrected chi connectivity index (χ1v) is 7.89. The Morgan fingerprint density at radius 1 is 1.29 bits per heavy atom. The zero-order chi connectivity index (χ0) is 16.7. The van der Waals surface area contributed by atoms with Gasteiger partial charge in [-0.3, -0.25) is 9.89 Å². The molecule has 0 fully saturated rings. The van der Waals surface area contributed by atoms with E-state index >= 15 is 0 Å². The fourth-order valence-electron chi connectivity index (χ4n) is 3.24. The fourth-order valence-corrected chi connectivity index (χ4v) is 3.24.